The highest BCUT2D eigenvalue weighted by Crippen LogP contribution is 2.08. The van der Waals surface area contributed by atoms with Gasteiger partial charge in [-0.05, 0) is 25.2 Å². The molecule has 0 aliphatic rings. The molecule has 0 aliphatic carbocycles. The first-order chi connectivity index (χ1) is 7.76. The second kappa shape index (κ2) is 7.25. The molecule has 0 amide bonds. The first-order valence-electron chi connectivity index (χ1n) is 5.84. The Hall–Kier alpha value is -1.06. The van der Waals surface area contributed by atoms with Crippen molar-refractivity contribution in [2.75, 3.05) is 26.2 Å². The summed E-state index contributed by atoms with van der Waals surface area (Å²) < 4.78 is 5.48. The van der Waals surface area contributed by atoms with Crippen molar-refractivity contribution in [2.24, 2.45) is 0 Å². The zero-order valence-corrected chi connectivity index (χ0v) is 10.1. The fraction of sp³-hybridized carbons (Fsp3) is 0.538. The molecule has 1 rings (SSSR count). The van der Waals surface area contributed by atoms with Crippen molar-refractivity contribution < 1.29 is 9.84 Å². The number of aliphatic hydroxyl groups excluding tert-OH is 1. The van der Waals surface area contributed by atoms with Gasteiger partial charge in [0, 0.05) is 6.54 Å². The Morgan fingerprint density at radius 3 is 2.38 bits per heavy atom. The maximum absolute atomic E-state index is 9.78. The molecule has 1 aromatic rings. The minimum Gasteiger partial charge on any atom is -0.491 e. The van der Waals surface area contributed by atoms with Crippen LogP contribution in [0.5, 0.6) is 5.75 Å². The summed E-state index contributed by atoms with van der Waals surface area (Å²) in [5.74, 6) is 0.807. The third-order valence-corrected chi connectivity index (χ3v) is 2.55. The van der Waals surface area contributed by atoms with E-state index in [2.05, 4.69) is 18.7 Å². The largest absolute Gasteiger partial charge is 0.491 e. The van der Waals surface area contributed by atoms with Crippen LogP contribution in [0.15, 0.2) is 30.3 Å². The SMILES string of the molecule is CCN(CC)CC(O)COc1ccccc1. The van der Waals surface area contributed by atoms with Gasteiger partial charge in [-0.25, -0.2) is 0 Å². The van der Waals surface area contributed by atoms with Gasteiger partial charge in [0.1, 0.15) is 18.5 Å². The molecular weight excluding hydrogens is 202 g/mol. The second-order valence-corrected chi connectivity index (χ2v) is 3.76. The van der Waals surface area contributed by atoms with Crippen LogP contribution in [-0.2, 0) is 0 Å². The van der Waals surface area contributed by atoms with E-state index in [1.54, 1.807) is 0 Å². The molecule has 0 saturated heterocycles. The second-order valence-electron chi connectivity index (χ2n) is 3.76. The van der Waals surface area contributed by atoms with Gasteiger partial charge in [0.25, 0.3) is 0 Å². The molecule has 0 radical (unpaired) electrons. The molecule has 3 nitrogen and oxygen atoms in total. The summed E-state index contributed by atoms with van der Waals surface area (Å²) in [5.41, 5.74) is 0. The van der Waals surface area contributed by atoms with Crippen molar-refractivity contribution in [3.8, 4) is 5.75 Å². The Morgan fingerprint density at radius 2 is 1.81 bits per heavy atom. The molecule has 3 heteroatoms. The molecular formula is C13H21NO2. The van der Waals surface area contributed by atoms with Crippen molar-refractivity contribution in [1.29, 1.82) is 0 Å². The quantitative estimate of drug-likeness (QED) is 0.764. The Bertz CT molecular complexity index is 273. The van der Waals surface area contributed by atoms with Crippen LogP contribution in [0.2, 0.25) is 0 Å². The fourth-order valence-corrected chi connectivity index (χ4v) is 1.54. The lowest BCUT2D eigenvalue weighted by atomic mass is 10.3. The number of hydrogen-bond donors (Lipinski definition) is 1. The number of para-hydroxylation sites is 1. The molecule has 0 heterocycles. The molecule has 0 aromatic heterocycles. The van der Waals surface area contributed by atoms with Gasteiger partial charge in [0.05, 0.1) is 0 Å². The average molecular weight is 223 g/mol. The first kappa shape index (κ1) is 13.0. The molecule has 1 unspecified atom stereocenters. The highest BCUT2D eigenvalue weighted by Gasteiger charge is 2.09. The molecule has 0 saturated carbocycles. The lowest BCUT2D eigenvalue weighted by Crippen LogP contribution is -2.35. The smallest absolute Gasteiger partial charge is 0.119 e. The van der Waals surface area contributed by atoms with E-state index in [1.807, 2.05) is 30.3 Å². The monoisotopic (exact) mass is 223 g/mol. The van der Waals surface area contributed by atoms with Crippen LogP contribution in [0.4, 0.5) is 0 Å². The summed E-state index contributed by atoms with van der Waals surface area (Å²) in [5, 5.41) is 9.78. The Balaban J connectivity index is 2.27. The average Bonchev–Trinajstić information content (AvgIpc) is 2.34. The van der Waals surface area contributed by atoms with E-state index in [0.29, 0.717) is 13.2 Å². The van der Waals surface area contributed by atoms with Gasteiger partial charge >= 0.3 is 0 Å². The molecule has 16 heavy (non-hydrogen) atoms. The van der Waals surface area contributed by atoms with Crippen molar-refractivity contribution >= 4 is 0 Å². The fourth-order valence-electron chi connectivity index (χ4n) is 1.54. The van der Waals surface area contributed by atoms with Gasteiger partial charge in [-0.15, -0.1) is 0 Å². The van der Waals surface area contributed by atoms with Crippen LogP contribution in [0, 0.1) is 0 Å². The third-order valence-electron chi connectivity index (χ3n) is 2.55. The van der Waals surface area contributed by atoms with E-state index < -0.39 is 6.10 Å². The van der Waals surface area contributed by atoms with E-state index in [0.717, 1.165) is 18.8 Å². The summed E-state index contributed by atoms with van der Waals surface area (Å²) in [6.07, 6.45) is -0.430. The topological polar surface area (TPSA) is 32.7 Å². The van der Waals surface area contributed by atoms with Gasteiger partial charge in [-0.2, -0.15) is 0 Å². The number of benzene rings is 1. The molecule has 0 fully saturated rings. The number of likely N-dealkylation sites (N-methyl/N-ethyl adjacent to an activating group) is 1. The van der Waals surface area contributed by atoms with Crippen LogP contribution >= 0.6 is 0 Å². The predicted molar refractivity (Wildman–Crippen MR) is 65.7 cm³/mol. The number of nitrogens with zero attached hydrogens (tertiary/aromatic N) is 1. The van der Waals surface area contributed by atoms with Gasteiger partial charge < -0.3 is 14.7 Å². The molecule has 1 aromatic carbocycles. The molecule has 0 spiro atoms. The van der Waals surface area contributed by atoms with Crippen molar-refractivity contribution in [2.45, 2.75) is 20.0 Å². The van der Waals surface area contributed by atoms with Crippen molar-refractivity contribution in [1.82, 2.24) is 4.90 Å². The third kappa shape index (κ3) is 4.64. The van der Waals surface area contributed by atoms with Crippen molar-refractivity contribution in [3.05, 3.63) is 30.3 Å². The zero-order chi connectivity index (χ0) is 11.8. The van der Waals surface area contributed by atoms with Crippen LogP contribution in [0.1, 0.15) is 13.8 Å². The number of ether oxygens (including phenoxy) is 1. The van der Waals surface area contributed by atoms with Gasteiger partial charge in [0.15, 0.2) is 0 Å². The Labute approximate surface area is 97.7 Å². The standard InChI is InChI=1S/C13H21NO2/c1-3-14(4-2)10-12(15)11-16-13-8-6-5-7-9-13/h5-9,12,15H,3-4,10-11H2,1-2H3. The molecule has 90 valence electrons. The summed E-state index contributed by atoms with van der Waals surface area (Å²) >= 11 is 0. The lowest BCUT2D eigenvalue weighted by Gasteiger charge is -2.21. The van der Waals surface area contributed by atoms with Gasteiger partial charge in [0.2, 0.25) is 0 Å². The molecule has 0 aliphatic heterocycles. The van der Waals surface area contributed by atoms with E-state index in [4.69, 9.17) is 4.74 Å². The van der Waals surface area contributed by atoms with Crippen LogP contribution in [-0.4, -0.2) is 42.4 Å². The normalized spacial score (nSPS) is 12.8. The van der Waals surface area contributed by atoms with E-state index in [-0.39, 0.29) is 0 Å². The molecule has 1 N–H and O–H groups in total. The minimum absolute atomic E-state index is 0.348. The van der Waals surface area contributed by atoms with Crippen LogP contribution in [0.3, 0.4) is 0 Å². The number of hydrogen-bond acceptors (Lipinski definition) is 3. The highest BCUT2D eigenvalue weighted by atomic mass is 16.5. The van der Waals surface area contributed by atoms with Crippen LogP contribution in [0.25, 0.3) is 0 Å². The summed E-state index contributed by atoms with van der Waals surface area (Å²) in [6.45, 7) is 7.11. The van der Waals surface area contributed by atoms with Crippen molar-refractivity contribution in [3.63, 3.8) is 0 Å². The zero-order valence-electron chi connectivity index (χ0n) is 10.1. The Morgan fingerprint density at radius 1 is 1.19 bits per heavy atom. The minimum atomic E-state index is -0.430. The van der Waals surface area contributed by atoms with E-state index >= 15 is 0 Å². The maximum Gasteiger partial charge on any atom is 0.119 e. The number of aliphatic hydroxyl groups is 1. The molecule has 1 atom stereocenters. The van der Waals surface area contributed by atoms with Gasteiger partial charge in [-0.3, -0.25) is 0 Å². The van der Waals surface area contributed by atoms with Gasteiger partial charge in [-0.1, -0.05) is 32.0 Å². The van der Waals surface area contributed by atoms with E-state index in [1.165, 1.54) is 0 Å². The van der Waals surface area contributed by atoms with Crippen LogP contribution < -0.4 is 4.74 Å². The summed E-state index contributed by atoms with van der Waals surface area (Å²) in [4.78, 5) is 2.18. The summed E-state index contributed by atoms with van der Waals surface area (Å²) in [7, 11) is 0. The maximum atomic E-state index is 9.78. The molecule has 0 bridgehead atoms. The lowest BCUT2D eigenvalue weighted by molar-refractivity contribution is 0.0716. The number of rotatable bonds is 7. The summed E-state index contributed by atoms with van der Waals surface area (Å²) in [6, 6.07) is 9.58. The predicted octanol–water partition coefficient (Wildman–Crippen LogP) is 1.77. The Kier molecular flexibility index (Phi) is 5.90. The highest BCUT2D eigenvalue weighted by molar-refractivity contribution is 5.20. The van der Waals surface area contributed by atoms with E-state index in [9.17, 15) is 5.11 Å². The first-order valence-corrected chi connectivity index (χ1v) is 5.84.